The van der Waals surface area contributed by atoms with Crippen molar-refractivity contribution in [1.29, 1.82) is 0 Å². The highest BCUT2D eigenvalue weighted by molar-refractivity contribution is 5.90. The standard InChI is InChI=1S/C22H20/c1-15(2)20-13-18-8-5-9-21(22(18)14-20)19-11-10-16-6-3-4-7-17(16)12-19/h3-12,14-15H,13H2,1-2H3. The molecule has 0 spiro atoms. The number of rotatable bonds is 2. The van der Waals surface area contributed by atoms with Gasteiger partial charge in [-0.2, -0.15) is 0 Å². The van der Waals surface area contributed by atoms with E-state index in [0.29, 0.717) is 5.92 Å². The van der Waals surface area contributed by atoms with Crippen LogP contribution in [0, 0.1) is 5.92 Å². The van der Waals surface area contributed by atoms with E-state index in [0.717, 1.165) is 6.42 Å². The van der Waals surface area contributed by atoms with Crippen molar-refractivity contribution < 1.29 is 0 Å². The summed E-state index contributed by atoms with van der Waals surface area (Å²) in [6, 6.07) is 22.1. The van der Waals surface area contributed by atoms with Gasteiger partial charge in [0.2, 0.25) is 0 Å². The van der Waals surface area contributed by atoms with Gasteiger partial charge in [-0.3, -0.25) is 0 Å². The predicted molar refractivity (Wildman–Crippen MR) is 95.9 cm³/mol. The van der Waals surface area contributed by atoms with E-state index in [1.807, 2.05) is 0 Å². The predicted octanol–water partition coefficient (Wildman–Crippen LogP) is 6.10. The lowest BCUT2D eigenvalue weighted by Crippen LogP contribution is -1.92. The monoisotopic (exact) mass is 284 g/mol. The molecule has 4 rings (SSSR count). The molecule has 1 aliphatic carbocycles. The average molecular weight is 284 g/mol. The molecule has 0 atom stereocenters. The zero-order valence-electron chi connectivity index (χ0n) is 13.1. The fourth-order valence-corrected chi connectivity index (χ4v) is 3.37. The van der Waals surface area contributed by atoms with Crippen LogP contribution in [-0.4, -0.2) is 0 Å². The molecule has 0 heteroatoms. The molecule has 0 saturated heterocycles. The third-order valence-corrected chi connectivity index (χ3v) is 4.72. The molecule has 0 amide bonds. The smallest absolute Gasteiger partial charge is 0.00550 e. The molecule has 0 heterocycles. The Kier molecular flexibility index (Phi) is 3.11. The highest BCUT2D eigenvalue weighted by Gasteiger charge is 2.18. The van der Waals surface area contributed by atoms with Crippen molar-refractivity contribution in [3.05, 3.63) is 77.4 Å². The number of fused-ring (bicyclic) bond motifs is 2. The summed E-state index contributed by atoms with van der Waals surface area (Å²) in [5, 5.41) is 2.61. The molecule has 0 radical (unpaired) electrons. The van der Waals surface area contributed by atoms with Crippen molar-refractivity contribution in [3.8, 4) is 11.1 Å². The van der Waals surface area contributed by atoms with E-state index in [2.05, 4.69) is 80.6 Å². The topological polar surface area (TPSA) is 0 Å². The minimum absolute atomic E-state index is 0.622. The lowest BCUT2D eigenvalue weighted by molar-refractivity contribution is 0.754. The molecule has 3 aromatic carbocycles. The molecule has 3 aromatic rings. The van der Waals surface area contributed by atoms with Crippen LogP contribution in [0.5, 0.6) is 0 Å². The lowest BCUT2D eigenvalue weighted by Gasteiger charge is -2.09. The van der Waals surface area contributed by atoms with Gasteiger partial charge in [0.05, 0.1) is 0 Å². The lowest BCUT2D eigenvalue weighted by atomic mass is 9.95. The van der Waals surface area contributed by atoms with Gasteiger partial charge in [-0.25, -0.2) is 0 Å². The van der Waals surface area contributed by atoms with E-state index in [1.165, 1.54) is 33.0 Å². The first kappa shape index (κ1) is 13.3. The maximum absolute atomic E-state index is 2.41. The van der Waals surface area contributed by atoms with Gasteiger partial charge in [0, 0.05) is 0 Å². The third-order valence-electron chi connectivity index (χ3n) is 4.72. The van der Waals surface area contributed by atoms with Crippen LogP contribution < -0.4 is 0 Å². The maximum Gasteiger partial charge on any atom is -0.00550 e. The van der Waals surface area contributed by atoms with Gasteiger partial charge in [0.1, 0.15) is 0 Å². The Balaban J connectivity index is 1.88. The summed E-state index contributed by atoms with van der Waals surface area (Å²) >= 11 is 0. The zero-order chi connectivity index (χ0) is 15.1. The third kappa shape index (κ3) is 2.16. The van der Waals surface area contributed by atoms with Crippen molar-refractivity contribution in [3.63, 3.8) is 0 Å². The average Bonchev–Trinajstić information content (AvgIpc) is 2.99. The van der Waals surface area contributed by atoms with Gasteiger partial charge in [0.25, 0.3) is 0 Å². The van der Waals surface area contributed by atoms with Gasteiger partial charge in [-0.1, -0.05) is 80.1 Å². The van der Waals surface area contributed by atoms with Gasteiger partial charge in [-0.15, -0.1) is 0 Å². The van der Waals surface area contributed by atoms with E-state index in [9.17, 15) is 0 Å². The van der Waals surface area contributed by atoms with Crippen molar-refractivity contribution in [2.45, 2.75) is 20.3 Å². The Hall–Kier alpha value is -2.34. The first-order valence-corrected chi connectivity index (χ1v) is 8.04. The summed E-state index contributed by atoms with van der Waals surface area (Å²) < 4.78 is 0. The molecule has 0 aromatic heterocycles. The summed E-state index contributed by atoms with van der Waals surface area (Å²) in [5.41, 5.74) is 7.11. The number of hydrogen-bond donors (Lipinski definition) is 0. The van der Waals surface area contributed by atoms with Crippen LogP contribution >= 0.6 is 0 Å². The Morgan fingerprint density at radius 1 is 0.818 bits per heavy atom. The second-order valence-corrected chi connectivity index (χ2v) is 6.49. The summed E-state index contributed by atoms with van der Waals surface area (Å²) in [4.78, 5) is 0. The van der Waals surface area contributed by atoms with Gasteiger partial charge in [0.15, 0.2) is 0 Å². The van der Waals surface area contributed by atoms with Gasteiger partial charge < -0.3 is 0 Å². The molecule has 1 aliphatic rings. The Morgan fingerprint density at radius 3 is 2.45 bits per heavy atom. The fraction of sp³-hybridized carbons (Fsp3) is 0.182. The Bertz CT molecular complexity index is 881. The van der Waals surface area contributed by atoms with Crippen molar-refractivity contribution >= 4 is 16.8 Å². The zero-order valence-corrected chi connectivity index (χ0v) is 13.1. The summed E-state index contributed by atoms with van der Waals surface area (Å²) in [6.07, 6.45) is 3.51. The Morgan fingerprint density at radius 2 is 1.64 bits per heavy atom. The Labute approximate surface area is 132 Å². The molecule has 0 N–H and O–H groups in total. The minimum atomic E-state index is 0.622. The van der Waals surface area contributed by atoms with Crippen LogP contribution in [0.25, 0.3) is 28.0 Å². The number of allylic oxidation sites excluding steroid dienone is 1. The molecule has 22 heavy (non-hydrogen) atoms. The van der Waals surface area contributed by atoms with Gasteiger partial charge >= 0.3 is 0 Å². The fourth-order valence-electron chi connectivity index (χ4n) is 3.37. The van der Waals surface area contributed by atoms with E-state index < -0.39 is 0 Å². The first-order valence-electron chi connectivity index (χ1n) is 8.04. The molecular weight excluding hydrogens is 264 g/mol. The minimum Gasteiger partial charge on any atom is -0.0626 e. The van der Waals surface area contributed by atoms with Crippen LogP contribution in [0.4, 0.5) is 0 Å². The first-order chi connectivity index (χ1) is 10.7. The quantitative estimate of drug-likeness (QED) is 0.533. The second kappa shape index (κ2) is 5.14. The number of benzene rings is 3. The van der Waals surface area contributed by atoms with Crippen LogP contribution in [0.2, 0.25) is 0 Å². The van der Waals surface area contributed by atoms with Crippen molar-refractivity contribution in [1.82, 2.24) is 0 Å². The van der Waals surface area contributed by atoms with E-state index in [-0.39, 0.29) is 0 Å². The van der Waals surface area contributed by atoms with E-state index in [4.69, 9.17) is 0 Å². The summed E-state index contributed by atoms with van der Waals surface area (Å²) in [7, 11) is 0. The number of hydrogen-bond acceptors (Lipinski definition) is 0. The maximum atomic E-state index is 2.41. The highest BCUT2D eigenvalue weighted by atomic mass is 14.2. The molecule has 0 aliphatic heterocycles. The van der Waals surface area contributed by atoms with Gasteiger partial charge in [-0.05, 0) is 51.4 Å². The molecule has 108 valence electrons. The SMILES string of the molecule is CC(C)C1=Cc2c(cccc2-c2ccc3ccccc3c2)C1. The van der Waals surface area contributed by atoms with Crippen LogP contribution in [-0.2, 0) is 6.42 Å². The molecule has 0 fully saturated rings. The van der Waals surface area contributed by atoms with Crippen molar-refractivity contribution in [2.24, 2.45) is 5.92 Å². The second-order valence-electron chi connectivity index (χ2n) is 6.49. The normalized spacial score (nSPS) is 13.5. The molecule has 0 saturated carbocycles. The van der Waals surface area contributed by atoms with Crippen LogP contribution in [0.15, 0.2) is 66.2 Å². The molecule has 0 unspecified atom stereocenters. The van der Waals surface area contributed by atoms with Crippen LogP contribution in [0.1, 0.15) is 25.0 Å². The van der Waals surface area contributed by atoms with Crippen molar-refractivity contribution in [2.75, 3.05) is 0 Å². The van der Waals surface area contributed by atoms with E-state index >= 15 is 0 Å². The highest BCUT2D eigenvalue weighted by Crippen LogP contribution is 2.36. The molecule has 0 nitrogen and oxygen atoms in total. The van der Waals surface area contributed by atoms with Crippen LogP contribution in [0.3, 0.4) is 0 Å². The largest absolute Gasteiger partial charge is 0.0626 e. The summed E-state index contributed by atoms with van der Waals surface area (Å²) in [5.74, 6) is 0.622. The molecular formula is C22H20. The summed E-state index contributed by atoms with van der Waals surface area (Å²) in [6.45, 7) is 4.57. The molecule has 0 bridgehead atoms. The van der Waals surface area contributed by atoms with E-state index in [1.54, 1.807) is 5.57 Å².